The quantitative estimate of drug-likeness (QED) is 0.322. The SMILES string of the molecule is COCCOC(=O)OOOC(=O)c1ccccc1OC. The highest BCUT2D eigenvalue weighted by atomic mass is 17.5. The zero-order chi connectivity index (χ0) is 14.8. The summed E-state index contributed by atoms with van der Waals surface area (Å²) < 4.78 is 14.1. The van der Waals surface area contributed by atoms with Crippen molar-refractivity contribution in [3.05, 3.63) is 29.8 Å². The van der Waals surface area contributed by atoms with Crippen LogP contribution >= 0.6 is 0 Å². The van der Waals surface area contributed by atoms with E-state index in [2.05, 4.69) is 24.3 Å². The molecule has 0 unspecified atom stereocenters. The molecular formula is C12H14O8. The van der Waals surface area contributed by atoms with Crippen molar-refractivity contribution in [2.75, 3.05) is 27.4 Å². The molecule has 0 fully saturated rings. The first kappa shape index (κ1) is 15.7. The highest BCUT2D eigenvalue weighted by Gasteiger charge is 2.16. The van der Waals surface area contributed by atoms with Gasteiger partial charge in [0.1, 0.15) is 17.9 Å². The average Bonchev–Trinajstić information content (AvgIpc) is 2.47. The van der Waals surface area contributed by atoms with Crippen molar-refractivity contribution in [1.82, 2.24) is 0 Å². The van der Waals surface area contributed by atoms with Crippen LogP contribution in [0.25, 0.3) is 0 Å². The summed E-state index contributed by atoms with van der Waals surface area (Å²) in [6.07, 6.45) is -1.16. The zero-order valence-electron chi connectivity index (χ0n) is 11.0. The van der Waals surface area contributed by atoms with Gasteiger partial charge in [-0.2, -0.15) is 0 Å². The first-order valence-electron chi connectivity index (χ1n) is 5.53. The van der Waals surface area contributed by atoms with Crippen molar-refractivity contribution in [2.24, 2.45) is 0 Å². The molecule has 8 nitrogen and oxygen atoms in total. The number of carbonyl (C=O) groups is 2. The number of methoxy groups -OCH3 is 2. The fourth-order valence-electron chi connectivity index (χ4n) is 1.17. The van der Waals surface area contributed by atoms with Crippen LogP contribution < -0.4 is 4.74 Å². The molecule has 8 heteroatoms. The van der Waals surface area contributed by atoms with Gasteiger partial charge in [0.05, 0.1) is 18.8 Å². The molecule has 0 N–H and O–H groups in total. The smallest absolute Gasteiger partial charge is 0.496 e. The van der Waals surface area contributed by atoms with Crippen molar-refractivity contribution in [3.8, 4) is 5.75 Å². The van der Waals surface area contributed by atoms with E-state index in [0.29, 0.717) is 5.75 Å². The van der Waals surface area contributed by atoms with Crippen LogP contribution in [-0.2, 0) is 24.3 Å². The molecule has 0 radical (unpaired) electrons. The van der Waals surface area contributed by atoms with E-state index in [1.165, 1.54) is 20.3 Å². The number of para-hydroxylation sites is 1. The van der Waals surface area contributed by atoms with E-state index in [4.69, 9.17) is 4.74 Å². The van der Waals surface area contributed by atoms with E-state index in [0.717, 1.165) is 0 Å². The van der Waals surface area contributed by atoms with Gasteiger partial charge in [-0.25, -0.2) is 14.5 Å². The number of hydrogen-bond acceptors (Lipinski definition) is 8. The fourth-order valence-corrected chi connectivity index (χ4v) is 1.17. The van der Waals surface area contributed by atoms with E-state index in [1.807, 2.05) is 0 Å². The molecule has 0 bridgehead atoms. The van der Waals surface area contributed by atoms with Crippen LogP contribution in [0, 0.1) is 0 Å². The lowest BCUT2D eigenvalue weighted by atomic mass is 10.2. The van der Waals surface area contributed by atoms with Gasteiger partial charge in [-0.1, -0.05) is 12.1 Å². The van der Waals surface area contributed by atoms with Crippen LogP contribution in [0.4, 0.5) is 4.79 Å². The minimum Gasteiger partial charge on any atom is -0.496 e. The summed E-state index contributed by atoms with van der Waals surface area (Å²) in [5.41, 5.74) is 0.117. The molecule has 1 aromatic carbocycles. The predicted molar refractivity (Wildman–Crippen MR) is 63.8 cm³/mol. The summed E-state index contributed by atoms with van der Waals surface area (Å²) in [4.78, 5) is 30.8. The Morgan fingerprint density at radius 1 is 1.05 bits per heavy atom. The number of hydrogen-bond donors (Lipinski definition) is 0. The lowest BCUT2D eigenvalue weighted by Gasteiger charge is -2.06. The van der Waals surface area contributed by atoms with Crippen LogP contribution in [0.2, 0.25) is 0 Å². The highest BCUT2D eigenvalue weighted by Crippen LogP contribution is 2.18. The number of benzene rings is 1. The summed E-state index contributed by atoms with van der Waals surface area (Å²) in [6, 6.07) is 6.32. The van der Waals surface area contributed by atoms with Gasteiger partial charge in [-0.3, -0.25) is 4.89 Å². The summed E-state index contributed by atoms with van der Waals surface area (Å²) in [5.74, 6) is -0.587. The highest BCUT2D eigenvalue weighted by molar-refractivity contribution is 5.92. The molecule has 0 aliphatic heterocycles. The molecule has 0 aromatic heterocycles. The van der Waals surface area contributed by atoms with Crippen molar-refractivity contribution >= 4 is 12.1 Å². The van der Waals surface area contributed by atoms with Gasteiger partial charge in [0, 0.05) is 7.11 Å². The Kier molecular flexibility index (Phi) is 6.87. The maximum absolute atomic E-state index is 11.6. The Morgan fingerprint density at radius 2 is 1.80 bits per heavy atom. The Labute approximate surface area is 114 Å². The second kappa shape index (κ2) is 8.73. The van der Waals surface area contributed by atoms with E-state index in [9.17, 15) is 9.59 Å². The molecule has 0 aliphatic carbocycles. The van der Waals surface area contributed by atoms with E-state index in [-0.39, 0.29) is 18.8 Å². The van der Waals surface area contributed by atoms with Gasteiger partial charge < -0.3 is 14.2 Å². The summed E-state index contributed by atoms with van der Waals surface area (Å²) in [6.45, 7) is 0.190. The zero-order valence-corrected chi connectivity index (χ0v) is 11.0. The molecule has 0 saturated heterocycles. The normalized spacial score (nSPS) is 9.70. The predicted octanol–water partition coefficient (Wildman–Crippen LogP) is 1.50. The molecule has 1 aromatic rings. The van der Waals surface area contributed by atoms with Gasteiger partial charge in [-0.15, -0.1) is 0 Å². The first-order valence-corrected chi connectivity index (χ1v) is 5.53. The third-order valence-corrected chi connectivity index (χ3v) is 2.05. The number of ether oxygens (including phenoxy) is 3. The van der Waals surface area contributed by atoms with Crippen LogP contribution in [-0.4, -0.2) is 39.6 Å². The fraction of sp³-hybridized carbons (Fsp3) is 0.333. The molecule has 0 aliphatic rings. The van der Waals surface area contributed by atoms with E-state index >= 15 is 0 Å². The minimum absolute atomic E-state index is 0.0147. The largest absolute Gasteiger partial charge is 0.543 e. The second-order valence-electron chi connectivity index (χ2n) is 3.31. The molecule has 20 heavy (non-hydrogen) atoms. The summed E-state index contributed by atoms with van der Waals surface area (Å²) in [5, 5.41) is 4.02. The third kappa shape index (κ3) is 5.12. The van der Waals surface area contributed by atoms with Gasteiger partial charge in [0.15, 0.2) is 0 Å². The van der Waals surface area contributed by atoms with E-state index in [1.54, 1.807) is 18.2 Å². The lowest BCUT2D eigenvalue weighted by Crippen LogP contribution is -2.14. The molecular weight excluding hydrogens is 272 g/mol. The summed E-state index contributed by atoms with van der Waals surface area (Å²) >= 11 is 0. The molecule has 0 heterocycles. The lowest BCUT2D eigenvalue weighted by molar-refractivity contribution is -0.452. The molecule has 0 atom stereocenters. The Balaban J connectivity index is 2.34. The molecule has 110 valence electrons. The van der Waals surface area contributed by atoms with Crippen molar-refractivity contribution in [1.29, 1.82) is 0 Å². The van der Waals surface area contributed by atoms with Crippen molar-refractivity contribution in [2.45, 2.75) is 0 Å². The molecule has 1 rings (SSSR count). The first-order chi connectivity index (χ1) is 9.69. The Morgan fingerprint density at radius 3 is 2.50 bits per heavy atom. The second-order valence-corrected chi connectivity index (χ2v) is 3.31. The minimum atomic E-state index is -1.16. The van der Waals surface area contributed by atoms with Gasteiger partial charge in [0.25, 0.3) is 0 Å². The van der Waals surface area contributed by atoms with Crippen LogP contribution in [0.15, 0.2) is 24.3 Å². The van der Waals surface area contributed by atoms with Crippen LogP contribution in [0.3, 0.4) is 0 Å². The molecule has 0 amide bonds. The van der Waals surface area contributed by atoms with Crippen LogP contribution in [0.5, 0.6) is 5.75 Å². The molecule has 0 saturated carbocycles. The maximum Gasteiger partial charge on any atom is 0.543 e. The molecule has 0 spiro atoms. The van der Waals surface area contributed by atoms with Crippen LogP contribution in [0.1, 0.15) is 10.4 Å². The Bertz CT molecular complexity index is 445. The van der Waals surface area contributed by atoms with E-state index < -0.39 is 12.1 Å². The summed E-state index contributed by atoms with van der Waals surface area (Å²) in [7, 11) is 2.84. The monoisotopic (exact) mass is 286 g/mol. The van der Waals surface area contributed by atoms with Crippen molar-refractivity contribution < 1.29 is 38.6 Å². The standard InChI is InChI=1S/C12H14O8/c1-15-7-8-17-12(14)19-20-18-11(13)9-5-3-4-6-10(9)16-2/h3-6H,7-8H2,1-2H3. The Hall–Kier alpha value is -2.32. The van der Waals surface area contributed by atoms with Gasteiger partial charge >= 0.3 is 12.1 Å². The average molecular weight is 286 g/mol. The van der Waals surface area contributed by atoms with Crippen molar-refractivity contribution in [3.63, 3.8) is 0 Å². The topological polar surface area (TPSA) is 89.5 Å². The number of rotatable bonds is 7. The van der Waals surface area contributed by atoms with Gasteiger partial charge in [-0.05, 0) is 12.1 Å². The van der Waals surface area contributed by atoms with Gasteiger partial charge in [0.2, 0.25) is 0 Å². The maximum atomic E-state index is 11.6. The number of carbonyl (C=O) groups excluding carboxylic acids is 2. The third-order valence-electron chi connectivity index (χ3n) is 2.05.